The van der Waals surface area contributed by atoms with Crippen LogP contribution in [0.4, 0.5) is 0 Å². The van der Waals surface area contributed by atoms with Crippen molar-refractivity contribution in [1.82, 2.24) is 20.5 Å². The Kier molecular flexibility index (Phi) is 5.35. The Bertz CT molecular complexity index is 799. The first-order valence-corrected chi connectivity index (χ1v) is 9.58. The smallest absolute Gasteiger partial charge is 0.0605 e. The molecule has 132 valence electrons. The highest BCUT2D eigenvalue weighted by Gasteiger charge is 2.22. The van der Waals surface area contributed by atoms with E-state index in [9.17, 15) is 0 Å². The van der Waals surface area contributed by atoms with E-state index in [0.29, 0.717) is 0 Å². The van der Waals surface area contributed by atoms with Crippen molar-refractivity contribution >= 4 is 11.3 Å². The summed E-state index contributed by atoms with van der Waals surface area (Å²) in [6.07, 6.45) is 4.74. The quantitative estimate of drug-likeness (QED) is 0.683. The number of rotatable bonds is 6. The number of nitrogens with zero attached hydrogens (tertiary/aromatic N) is 2. The van der Waals surface area contributed by atoms with Crippen LogP contribution in [-0.4, -0.2) is 15.2 Å². The average Bonchev–Trinajstić information content (AvgIpc) is 3.23. The molecule has 0 aliphatic rings. The maximum Gasteiger partial charge on any atom is 0.0605 e. The van der Waals surface area contributed by atoms with Gasteiger partial charge in [-0.2, -0.15) is 16.4 Å². The third kappa shape index (κ3) is 4.35. The van der Waals surface area contributed by atoms with E-state index < -0.39 is 0 Å². The third-order valence-corrected chi connectivity index (χ3v) is 5.14. The van der Waals surface area contributed by atoms with Crippen LogP contribution in [0.15, 0.2) is 41.4 Å². The number of hydrogen-bond donors (Lipinski definition) is 2. The van der Waals surface area contributed by atoms with Crippen LogP contribution in [0, 0.1) is 6.92 Å². The van der Waals surface area contributed by atoms with Gasteiger partial charge in [-0.25, -0.2) is 0 Å². The minimum absolute atomic E-state index is 0.0529. The van der Waals surface area contributed by atoms with E-state index in [4.69, 9.17) is 0 Å². The molecule has 4 nitrogen and oxygen atoms in total. The van der Waals surface area contributed by atoms with E-state index >= 15 is 0 Å². The third-order valence-electron chi connectivity index (χ3n) is 4.41. The molecule has 3 aromatic heterocycles. The van der Waals surface area contributed by atoms with Gasteiger partial charge in [0.15, 0.2) is 0 Å². The van der Waals surface area contributed by atoms with Crippen molar-refractivity contribution in [3.63, 3.8) is 0 Å². The number of thiophene rings is 1. The van der Waals surface area contributed by atoms with E-state index in [2.05, 4.69) is 71.1 Å². The number of hydrogen-bond acceptors (Lipinski definition) is 4. The van der Waals surface area contributed by atoms with Crippen LogP contribution in [0.3, 0.4) is 0 Å². The summed E-state index contributed by atoms with van der Waals surface area (Å²) >= 11 is 1.74. The highest BCUT2D eigenvalue weighted by molar-refractivity contribution is 7.07. The fourth-order valence-electron chi connectivity index (χ4n) is 3.10. The molecule has 2 N–H and O–H groups in total. The van der Waals surface area contributed by atoms with Gasteiger partial charge in [0.1, 0.15) is 0 Å². The molecular formula is C20H26N4S. The van der Waals surface area contributed by atoms with Crippen LogP contribution < -0.4 is 5.32 Å². The second-order valence-electron chi connectivity index (χ2n) is 7.49. The largest absolute Gasteiger partial charge is 0.304 e. The van der Waals surface area contributed by atoms with Crippen molar-refractivity contribution in [1.29, 1.82) is 0 Å². The van der Waals surface area contributed by atoms with Crippen molar-refractivity contribution in [3.8, 4) is 0 Å². The SMILES string of the molecule is Cc1cccnc1[C@@H](Cc1ccsc1)NCc1cn[nH]c1C(C)(C)C. The predicted octanol–water partition coefficient (Wildman–Crippen LogP) is 4.55. The Morgan fingerprint density at radius 2 is 2.12 bits per heavy atom. The zero-order valence-corrected chi connectivity index (χ0v) is 16.2. The van der Waals surface area contributed by atoms with E-state index in [1.807, 2.05) is 18.5 Å². The van der Waals surface area contributed by atoms with Gasteiger partial charge in [0.2, 0.25) is 0 Å². The summed E-state index contributed by atoms with van der Waals surface area (Å²) < 4.78 is 0. The number of aryl methyl sites for hydroxylation is 1. The summed E-state index contributed by atoms with van der Waals surface area (Å²) in [7, 11) is 0. The molecule has 0 aliphatic carbocycles. The summed E-state index contributed by atoms with van der Waals surface area (Å²) in [6, 6.07) is 6.49. The first kappa shape index (κ1) is 17.8. The molecule has 0 spiro atoms. The van der Waals surface area contributed by atoms with Gasteiger partial charge in [0.05, 0.1) is 17.9 Å². The number of pyridine rings is 1. The fourth-order valence-corrected chi connectivity index (χ4v) is 3.78. The Morgan fingerprint density at radius 3 is 2.80 bits per heavy atom. The number of aromatic nitrogens is 3. The molecule has 0 saturated heterocycles. The van der Waals surface area contributed by atoms with Gasteiger partial charge < -0.3 is 5.32 Å². The van der Waals surface area contributed by atoms with Gasteiger partial charge in [0.25, 0.3) is 0 Å². The molecule has 3 rings (SSSR count). The first-order chi connectivity index (χ1) is 11.9. The topological polar surface area (TPSA) is 53.6 Å². The lowest BCUT2D eigenvalue weighted by atomic mass is 9.89. The molecule has 3 heterocycles. The standard InChI is InChI=1S/C20H26N4S/c1-14-6-5-8-21-18(14)17(10-15-7-9-25-13-15)22-11-16-12-23-24-19(16)20(2,3)4/h5-9,12-13,17,22H,10-11H2,1-4H3,(H,23,24)/t17-/m1/s1. The molecule has 0 radical (unpaired) electrons. The predicted molar refractivity (Wildman–Crippen MR) is 104 cm³/mol. The maximum atomic E-state index is 4.65. The molecule has 0 aromatic carbocycles. The molecule has 3 aromatic rings. The van der Waals surface area contributed by atoms with E-state index in [0.717, 1.165) is 18.7 Å². The van der Waals surface area contributed by atoms with Crippen molar-refractivity contribution in [3.05, 3.63) is 69.4 Å². The zero-order chi connectivity index (χ0) is 17.9. The van der Waals surface area contributed by atoms with Crippen molar-refractivity contribution in [2.75, 3.05) is 0 Å². The summed E-state index contributed by atoms with van der Waals surface area (Å²) in [5.74, 6) is 0. The highest BCUT2D eigenvalue weighted by atomic mass is 32.1. The van der Waals surface area contributed by atoms with Gasteiger partial charge in [-0.1, -0.05) is 26.8 Å². The lowest BCUT2D eigenvalue weighted by Crippen LogP contribution is -2.26. The van der Waals surface area contributed by atoms with Crippen molar-refractivity contribution in [2.24, 2.45) is 0 Å². The van der Waals surface area contributed by atoms with Crippen LogP contribution in [0.5, 0.6) is 0 Å². The molecule has 0 fully saturated rings. The van der Waals surface area contributed by atoms with Gasteiger partial charge >= 0.3 is 0 Å². The maximum absolute atomic E-state index is 4.65. The molecular weight excluding hydrogens is 328 g/mol. The molecule has 0 amide bonds. The second-order valence-corrected chi connectivity index (χ2v) is 8.28. The lowest BCUT2D eigenvalue weighted by molar-refractivity contribution is 0.503. The fraction of sp³-hybridized carbons (Fsp3) is 0.400. The van der Waals surface area contributed by atoms with Crippen LogP contribution >= 0.6 is 11.3 Å². The van der Waals surface area contributed by atoms with E-state index in [1.54, 1.807) is 11.3 Å². The van der Waals surface area contributed by atoms with Gasteiger partial charge in [-0.05, 0) is 47.4 Å². The Hall–Kier alpha value is -1.98. The molecule has 0 unspecified atom stereocenters. The minimum Gasteiger partial charge on any atom is -0.304 e. The average molecular weight is 355 g/mol. The Balaban J connectivity index is 1.81. The van der Waals surface area contributed by atoms with Gasteiger partial charge in [-0.15, -0.1) is 0 Å². The van der Waals surface area contributed by atoms with Crippen LogP contribution in [0.1, 0.15) is 54.9 Å². The van der Waals surface area contributed by atoms with Crippen LogP contribution in [0.2, 0.25) is 0 Å². The van der Waals surface area contributed by atoms with Crippen LogP contribution in [-0.2, 0) is 18.4 Å². The van der Waals surface area contributed by atoms with Crippen LogP contribution in [0.25, 0.3) is 0 Å². The normalized spacial score (nSPS) is 13.1. The van der Waals surface area contributed by atoms with Gasteiger partial charge in [-0.3, -0.25) is 10.1 Å². The molecule has 0 bridgehead atoms. The number of nitrogens with one attached hydrogen (secondary N) is 2. The minimum atomic E-state index is 0.0529. The molecule has 1 atom stereocenters. The van der Waals surface area contributed by atoms with Gasteiger partial charge in [0, 0.05) is 29.4 Å². The summed E-state index contributed by atoms with van der Waals surface area (Å²) in [5, 5.41) is 15.5. The molecule has 5 heteroatoms. The molecule has 0 saturated carbocycles. The monoisotopic (exact) mass is 354 g/mol. The Morgan fingerprint density at radius 1 is 1.28 bits per heavy atom. The van der Waals surface area contributed by atoms with E-state index in [-0.39, 0.29) is 11.5 Å². The lowest BCUT2D eigenvalue weighted by Gasteiger charge is -2.22. The number of H-pyrrole nitrogens is 1. The highest BCUT2D eigenvalue weighted by Crippen LogP contribution is 2.25. The second kappa shape index (κ2) is 7.50. The Labute approximate surface area is 153 Å². The summed E-state index contributed by atoms with van der Waals surface area (Å²) in [6.45, 7) is 9.51. The van der Waals surface area contributed by atoms with Crippen molar-refractivity contribution < 1.29 is 0 Å². The number of aromatic amines is 1. The summed E-state index contributed by atoms with van der Waals surface area (Å²) in [4.78, 5) is 4.65. The van der Waals surface area contributed by atoms with E-state index in [1.165, 1.54) is 22.4 Å². The molecule has 0 aliphatic heterocycles. The first-order valence-electron chi connectivity index (χ1n) is 8.64. The zero-order valence-electron chi connectivity index (χ0n) is 15.3. The summed E-state index contributed by atoms with van der Waals surface area (Å²) in [5.41, 5.74) is 6.14. The molecule has 25 heavy (non-hydrogen) atoms. The van der Waals surface area contributed by atoms with Crippen molar-refractivity contribution in [2.45, 2.75) is 52.1 Å².